The quantitative estimate of drug-likeness (QED) is 0.573. The number of hydrogen-bond acceptors (Lipinski definition) is 7. The number of carbonyl (C=O) groups excluding carboxylic acids is 1. The monoisotopic (exact) mass is 483 g/mol. The molecule has 0 saturated carbocycles. The number of rotatable bonds is 6. The van der Waals surface area contributed by atoms with Gasteiger partial charge in [0.15, 0.2) is 5.82 Å². The lowest BCUT2D eigenvalue weighted by Gasteiger charge is -2.31. The second-order valence-electron chi connectivity index (χ2n) is 8.80. The lowest BCUT2D eigenvalue weighted by atomic mass is 10.1. The topological polar surface area (TPSA) is 109 Å². The molecular weight excluding hydrogens is 454 g/mol. The van der Waals surface area contributed by atoms with Crippen molar-refractivity contribution in [3.63, 3.8) is 0 Å². The van der Waals surface area contributed by atoms with Gasteiger partial charge in [0.05, 0.1) is 16.1 Å². The molecule has 0 atom stereocenters. The number of hydrogen-bond donors (Lipinski definition) is 1. The zero-order chi connectivity index (χ0) is 24.5. The minimum Gasteiger partial charge on any atom is -0.334 e. The van der Waals surface area contributed by atoms with Gasteiger partial charge < -0.3 is 14.7 Å². The Kier molecular flexibility index (Phi) is 6.83. The first-order valence-electron chi connectivity index (χ1n) is 11.2. The standard InChI is InChI=1S/C24H29N5O4S/c1-16(2)22-26-24(33-27-22)20-10-5-7-17(3)21(20)25-23(30)18-8-6-9-19(15-18)34(31,32)29-13-11-28(4)12-14-29/h5-10,15-16H,11-14H2,1-4H3,(H,25,30). The van der Waals surface area contributed by atoms with Crippen molar-refractivity contribution in [2.24, 2.45) is 0 Å². The lowest BCUT2D eigenvalue weighted by molar-refractivity contribution is 0.102. The molecular formula is C24H29N5O4S. The second kappa shape index (κ2) is 9.65. The number of piperazine rings is 1. The molecule has 1 aliphatic heterocycles. The molecule has 10 heteroatoms. The van der Waals surface area contributed by atoms with Gasteiger partial charge in [-0.3, -0.25) is 4.79 Å². The maximum Gasteiger partial charge on any atom is 0.260 e. The molecule has 1 amide bonds. The van der Waals surface area contributed by atoms with E-state index in [2.05, 4.69) is 20.4 Å². The van der Waals surface area contributed by atoms with Crippen LogP contribution in [0.5, 0.6) is 0 Å². The molecule has 3 aromatic rings. The highest BCUT2D eigenvalue weighted by atomic mass is 32.2. The smallest absolute Gasteiger partial charge is 0.260 e. The van der Waals surface area contributed by atoms with Crippen LogP contribution in [0, 0.1) is 6.92 Å². The molecule has 34 heavy (non-hydrogen) atoms. The Morgan fingerprint density at radius 2 is 1.79 bits per heavy atom. The van der Waals surface area contributed by atoms with Gasteiger partial charge >= 0.3 is 0 Å². The molecule has 0 aliphatic carbocycles. The number of likely N-dealkylation sites (N-methyl/N-ethyl adjacent to an activating group) is 1. The largest absolute Gasteiger partial charge is 0.334 e. The van der Waals surface area contributed by atoms with Gasteiger partial charge in [-0.1, -0.05) is 37.2 Å². The number of aryl methyl sites for hydroxylation is 1. The fraction of sp³-hybridized carbons (Fsp3) is 0.375. The van der Waals surface area contributed by atoms with E-state index in [0.717, 1.165) is 5.56 Å². The molecule has 1 aromatic heterocycles. The Morgan fingerprint density at radius 3 is 2.47 bits per heavy atom. The van der Waals surface area contributed by atoms with E-state index in [1.54, 1.807) is 18.2 Å². The molecule has 2 aromatic carbocycles. The molecule has 180 valence electrons. The predicted octanol–water partition coefficient (Wildman–Crippen LogP) is 3.36. The number of amides is 1. The van der Waals surface area contributed by atoms with Crippen molar-refractivity contribution in [2.75, 3.05) is 38.5 Å². The highest BCUT2D eigenvalue weighted by Gasteiger charge is 2.28. The summed E-state index contributed by atoms with van der Waals surface area (Å²) in [7, 11) is -1.72. The van der Waals surface area contributed by atoms with Crippen molar-refractivity contribution < 1.29 is 17.7 Å². The third-order valence-electron chi connectivity index (χ3n) is 5.90. The van der Waals surface area contributed by atoms with E-state index < -0.39 is 15.9 Å². The number of nitrogens with one attached hydrogen (secondary N) is 1. The Bertz CT molecular complexity index is 1290. The third-order valence-corrected chi connectivity index (χ3v) is 7.79. The van der Waals surface area contributed by atoms with Gasteiger partial charge in [-0.05, 0) is 43.8 Å². The molecule has 1 aliphatic rings. The molecule has 0 bridgehead atoms. The zero-order valence-electron chi connectivity index (χ0n) is 19.8. The van der Waals surface area contributed by atoms with Crippen molar-refractivity contribution in [2.45, 2.75) is 31.6 Å². The third kappa shape index (κ3) is 4.89. The molecule has 1 N–H and O–H groups in total. The maximum atomic E-state index is 13.2. The van der Waals surface area contributed by atoms with Crippen LogP contribution in [-0.4, -0.2) is 66.9 Å². The molecule has 1 saturated heterocycles. The summed E-state index contributed by atoms with van der Waals surface area (Å²) in [5.41, 5.74) is 2.21. The average molecular weight is 484 g/mol. The van der Waals surface area contributed by atoms with Crippen molar-refractivity contribution >= 4 is 21.6 Å². The van der Waals surface area contributed by atoms with Crippen LogP contribution in [0.3, 0.4) is 0 Å². The van der Waals surface area contributed by atoms with Crippen LogP contribution >= 0.6 is 0 Å². The summed E-state index contributed by atoms with van der Waals surface area (Å²) in [6.07, 6.45) is 0. The minimum atomic E-state index is -3.69. The van der Waals surface area contributed by atoms with E-state index >= 15 is 0 Å². The zero-order valence-corrected chi connectivity index (χ0v) is 20.6. The summed E-state index contributed by atoms with van der Waals surface area (Å²) < 4.78 is 33.1. The normalized spacial score (nSPS) is 15.6. The lowest BCUT2D eigenvalue weighted by Crippen LogP contribution is -2.47. The first-order chi connectivity index (χ1) is 16.2. The van der Waals surface area contributed by atoms with E-state index in [-0.39, 0.29) is 16.4 Å². The number of para-hydroxylation sites is 1. The Morgan fingerprint density at radius 1 is 1.09 bits per heavy atom. The Balaban J connectivity index is 1.61. The summed E-state index contributed by atoms with van der Waals surface area (Å²) in [6.45, 7) is 7.99. The van der Waals surface area contributed by atoms with Crippen LogP contribution < -0.4 is 5.32 Å². The molecule has 9 nitrogen and oxygen atoms in total. The van der Waals surface area contributed by atoms with Crippen molar-refractivity contribution in [3.05, 3.63) is 59.4 Å². The van der Waals surface area contributed by atoms with Gasteiger partial charge in [0, 0.05) is 37.7 Å². The summed E-state index contributed by atoms with van der Waals surface area (Å²) >= 11 is 0. The van der Waals surface area contributed by atoms with Gasteiger partial charge in [-0.25, -0.2) is 8.42 Å². The molecule has 1 fully saturated rings. The Labute approximate surface area is 199 Å². The van der Waals surface area contributed by atoms with E-state index in [0.29, 0.717) is 49.1 Å². The number of nitrogens with zero attached hydrogens (tertiary/aromatic N) is 4. The molecule has 0 spiro atoms. The van der Waals surface area contributed by atoms with Crippen LogP contribution in [-0.2, 0) is 10.0 Å². The van der Waals surface area contributed by atoms with Gasteiger partial charge in [0.2, 0.25) is 10.0 Å². The van der Waals surface area contributed by atoms with Gasteiger partial charge in [0.25, 0.3) is 11.8 Å². The number of carbonyl (C=O) groups is 1. The summed E-state index contributed by atoms with van der Waals surface area (Å²) in [5, 5.41) is 6.93. The Hall–Kier alpha value is -3.08. The molecule has 2 heterocycles. The van der Waals surface area contributed by atoms with E-state index in [9.17, 15) is 13.2 Å². The summed E-state index contributed by atoms with van der Waals surface area (Å²) in [5.74, 6) is 0.574. The van der Waals surface area contributed by atoms with Gasteiger partial charge in [-0.15, -0.1) is 0 Å². The van der Waals surface area contributed by atoms with Crippen molar-refractivity contribution in [1.29, 1.82) is 0 Å². The number of aromatic nitrogens is 2. The van der Waals surface area contributed by atoms with Crippen LogP contribution in [0.25, 0.3) is 11.5 Å². The number of anilines is 1. The van der Waals surface area contributed by atoms with Crippen molar-refractivity contribution in [3.8, 4) is 11.5 Å². The van der Waals surface area contributed by atoms with Crippen molar-refractivity contribution in [1.82, 2.24) is 19.3 Å². The number of benzene rings is 2. The SMILES string of the molecule is Cc1cccc(-c2nc(C(C)C)no2)c1NC(=O)c1cccc(S(=O)(=O)N2CCN(C)CC2)c1. The van der Waals surface area contributed by atoms with E-state index in [1.807, 2.05) is 40.0 Å². The fourth-order valence-corrected chi connectivity index (χ4v) is 5.22. The van der Waals surface area contributed by atoms with Gasteiger partial charge in [0.1, 0.15) is 0 Å². The van der Waals surface area contributed by atoms with Gasteiger partial charge in [-0.2, -0.15) is 9.29 Å². The second-order valence-corrected chi connectivity index (χ2v) is 10.7. The van der Waals surface area contributed by atoms with Crippen LogP contribution in [0.15, 0.2) is 51.9 Å². The molecule has 0 radical (unpaired) electrons. The van der Waals surface area contributed by atoms with Crippen LogP contribution in [0.4, 0.5) is 5.69 Å². The molecule has 4 rings (SSSR count). The summed E-state index contributed by atoms with van der Waals surface area (Å²) in [6, 6.07) is 11.6. The summed E-state index contributed by atoms with van der Waals surface area (Å²) in [4.78, 5) is 19.8. The van der Waals surface area contributed by atoms with Crippen LogP contribution in [0.2, 0.25) is 0 Å². The molecule has 0 unspecified atom stereocenters. The minimum absolute atomic E-state index is 0.102. The average Bonchev–Trinajstić information content (AvgIpc) is 3.31. The van der Waals surface area contributed by atoms with E-state index in [1.165, 1.54) is 16.4 Å². The maximum absolute atomic E-state index is 13.2. The highest BCUT2D eigenvalue weighted by Crippen LogP contribution is 2.31. The van der Waals surface area contributed by atoms with Crippen LogP contribution in [0.1, 0.15) is 41.5 Å². The predicted molar refractivity (Wildman–Crippen MR) is 129 cm³/mol. The fourth-order valence-electron chi connectivity index (χ4n) is 3.75. The van der Waals surface area contributed by atoms with E-state index in [4.69, 9.17) is 4.52 Å². The first kappa shape index (κ1) is 24.1. The number of sulfonamides is 1. The first-order valence-corrected chi connectivity index (χ1v) is 12.6. The highest BCUT2D eigenvalue weighted by molar-refractivity contribution is 7.89.